The summed E-state index contributed by atoms with van der Waals surface area (Å²) in [5.74, 6) is -0.294. The van der Waals surface area contributed by atoms with Crippen molar-refractivity contribution < 1.29 is 19.1 Å². The second-order valence-electron chi connectivity index (χ2n) is 5.74. The topological polar surface area (TPSA) is 89.9 Å². The van der Waals surface area contributed by atoms with Crippen LogP contribution in [0.1, 0.15) is 26.3 Å². The maximum Gasteiger partial charge on any atom is 0.343 e. The molecule has 3 rings (SSSR count). The van der Waals surface area contributed by atoms with Gasteiger partial charge < -0.3 is 9.47 Å². The number of nitrogens with one attached hydrogen (secondary N) is 1. The number of aromatic nitrogens is 1. The Labute approximate surface area is 171 Å². The summed E-state index contributed by atoms with van der Waals surface area (Å²) in [5.41, 5.74) is 3.87. The van der Waals surface area contributed by atoms with Gasteiger partial charge in [-0.2, -0.15) is 5.10 Å². The normalized spacial score (nSPS) is 10.6. The SMILES string of the molecule is COc1cc(C=NNC(=O)c2ccncc2)ccc1OC(=O)c1ccc(Cl)cc1. The first-order valence-electron chi connectivity index (χ1n) is 8.46. The minimum Gasteiger partial charge on any atom is -0.493 e. The molecule has 0 atom stereocenters. The molecule has 29 heavy (non-hydrogen) atoms. The van der Waals surface area contributed by atoms with Crippen molar-refractivity contribution >= 4 is 29.7 Å². The largest absolute Gasteiger partial charge is 0.493 e. The number of esters is 1. The van der Waals surface area contributed by atoms with E-state index in [1.165, 1.54) is 25.7 Å². The minimum atomic E-state index is -0.536. The fourth-order valence-corrected chi connectivity index (χ4v) is 2.45. The highest BCUT2D eigenvalue weighted by molar-refractivity contribution is 6.30. The average molecular weight is 410 g/mol. The molecule has 1 N–H and O–H groups in total. The van der Waals surface area contributed by atoms with E-state index in [0.29, 0.717) is 27.5 Å². The standard InChI is InChI=1S/C21H16ClN3O4/c1-28-19-12-14(13-24-25-20(26)15-8-10-23-11-9-15)2-7-18(19)29-21(27)16-3-5-17(22)6-4-16/h2-13H,1H3,(H,25,26). The number of carbonyl (C=O) groups excluding carboxylic acids is 2. The van der Waals surface area contributed by atoms with Gasteiger partial charge in [-0.25, -0.2) is 10.2 Å². The van der Waals surface area contributed by atoms with Crippen LogP contribution in [0.25, 0.3) is 0 Å². The van der Waals surface area contributed by atoms with E-state index in [9.17, 15) is 9.59 Å². The van der Waals surface area contributed by atoms with Crippen molar-refractivity contribution in [2.45, 2.75) is 0 Å². The quantitative estimate of drug-likeness (QED) is 0.290. The number of ether oxygens (including phenoxy) is 2. The molecule has 7 nitrogen and oxygen atoms in total. The van der Waals surface area contributed by atoms with E-state index in [2.05, 4.69) is 15.5 Å². The van der Waals surface area contributed by atoms with E-state index in [4.69, 9.17) is 21.1 Å². The number of hydrogen-bond donors (Lipinski definition) is 1. The van der Waals surface area contributed by atoms with Crippen LogP contribution in [0.15, 0.2) is 72.1 Å². The molecule has 0 bridgehead atoms. The second kappa shape index (κ2) is 9.48. The molecular formula is C21H16ClN3O4. The lowest BCUT2D eigenvalue weighted by molar-refractivity contribution is 0.0729. The number of rotatable bonds is 6. The summed E-state index contributed by atoms with van der Waals surface area (Å²) < 4.78 is 10.7. The van der Waals surface area contributed by atoms with Gasteiger partial charge in [0.25, 0.3) is 5.91 Å². The van der Waals surface area contributed by atoms with Crippen molar-refractivity contribution in [3.63, 3.8) is 0 Å². The van der Waals surface area contributed by atoms with Crippen LogP contribution in [0.3, 0.4) is 0 Å². The van der Waals surface area contributed by atoms with Crippen molar-refractivity contribution in [3.05, 3.63) is 88.7 Å². The van der Waals surface area contributed by atoms with Crippen molar-refractivity contribution in [1.29, 1.82) is 0 Å². The summed E-state index contributed by atoms with van der Waals surface area (Å²) in [4.78, 5) is 28.1. The van der Waals surface area contributed by atoms with E-state index >= 15 is 0 Å². The Bertz CT molecular complexity index is 1040. The number of amides is 1. The van der Waals surface area contributed by atoms with Crippen LogP contribution in [0.4, 0.5) is 0 Å². The molecule has 1 heterocycles. The van der Waals surface area contributed by atoms with Gasteiger partial charge in [0.15, 0.2) is 11.5 Å². The number of nitrogens with zero attached hydrogens (tertiary/aromatic N) is 2. The zero-order valence-corrected chi connectivity index (χ0v) is 16.1. The van der Waals surface area contributed by atoms with E-state index in [0.717, 1.165) is 0 Å². The third-order valence-corrected chi connectivity index (χ3v) is 4.04. The highest BCUT2D eigenvalue weighted by Gasteiger charge is 2.13. The molecule has 1 aromatic heterocycles. The maximum atomic E-state index is 12.3. The monoisotopic (exact) mass is 409 g/mol. The first kappa shape index (κ1) is 20.0. The van der Waals surface area contributed by atoms with Gasteiger partial charge in [0, 0.05) is 23.0 Å². The molecular weight excluding hydrogens is 394 g/mol. The van der Waals surface area contributed by atoms with Gasteiger partial charge in [-0.15, -0.1) is 0 Å². The summed E-state index contributed by atoms with van der Waals surface area (Å²) in [6.07, 6.45) is 4.49. The Morgan fingerprint density at radius 3 is 2.41 bits per heavy atom. The van der Waals surface area contributed by atoms with E-state index in [1.54, 1.807) is 54.6 Å². The van der Waals surface area contributed by atoms with E-state index in [-0.39, 0.29) is 11.7 Å². The summed E-state index contributed by atoms with van der Waals surface area (Å²) in [6, 6.07) is 14.4. The molecule has 0 unspecified atom stereocenters. The second-order valence-corrected chi connectivity index (χ2v) is 6.18. The average Bonchev–Trinajstić information content (AvgIpc) is 2.75. The highest BCUT2D eigenvalue weighted by Crippen LogP contribution is 2.28. The lowest BCUT2D eigenvalue weighted by Gasteiger charge is -2.10. The van der Waals surface area contributed by atoms with Crippen molar-refractivity contribution in [2.75, 3.05) is 7.11 Å². The molecule has 0 aliphatic carbocycles. The number of hydrazone groups is 1. The predicted molar refractivity (Wildman–Crippen MR) is 109 cm³/mol. The van der Waals surface area contributed by atoms with Crippen LogP contribution < -0.4 is 14.9 Å². The van der Waals surface area contributed by atoms with Crippen LogP contribution in [0.2, 0.25) is 5.02 Å². The summed E-state index contributed by atoms with van der Waals surface area (Å²) in [6.45, 7) is 0. The Balaban J connectivity index is 1.67. The number of pyridine rings is 1. The van der Waals surface area contributed by atoms with Crippen LogP contribution in [0.5, 0.6) is 11.5 Å². The van der Waals surface area contributed by atoms with Gasteiger partial charge in [0.05, 0.1) is 18.9 Å². The molecule has 146 valence electrons. The predicted octanol–water partition coefficient (Wildman–Crippen LogP) is 3.73. The summed E-state index contributed by atoms with van der Waals surface area (Å²) in [5, 5.41) is 4.45. The molecule has 3 aromatic rings. The van der Waals surface area contributed by atoms with Crippen molar-refractivity contribution in [3.8, 4) is 11.5 Å². The van der Waals surface area contributed by atoms with Crippen molar-refractivity contribution in [2.24, 2.45) is 5.10 Å². The Morgan fingerprint density at radius 1 is 1.00 bits per heavy atom. The summed E-state index contributed by atoms with van der Waals surface area (Å²) >= 11 is 5.82. The zero-order valence-electron chi connectivity index (χ0n) is 15.3. The number of halogens is 1. The smallest absolute Gasteiger partial charge is 0.343 e. The van der Waals surface area contributed by atoms with Crippen molar-refractivity contribution in [1.82, 2.24) is 10.4 Å². The molecule has 2 aromatic carbocycles. The van der Waals surface area contributed by atoms with Gasteiger partial charge in [0.2, 0.25) is 0 Å². The van der Waals surface area contributed by atoms with Crippen LogP contribution >= 0.6 is 11.6 Å². The molecule has 0 spiro atoms. The third-order valence-electron chi connectivity index (χ3n) is 3.79. The third kappa shape index (κ3) is 5.40. The Morgan fingerprint density at radius 2 is 1.72 bits per heavy atom. The maximum absolute atomic E-state index is 12.3. The number of carbonyl (C=O) groups is 2. The van der Waals surface area contributed by atoms with E-state index in [1.807, 2.05) is 0 Å². The number of benzene rings is 2. The first-order chi connectivity index (χ1) is 14.1. The van der Waals surface area contributed by atoms with Gasteiger partial charge >= 0.3 is 5.97 Å². The number of methoxy groups -OCH3 is 1. The van der Waals surface area contributed by atoms with Crippen LogP contribution in [0, 0.1) is 0 Å². The summed E-state index contributed by atoms with van der Waals surface area (Å²) in [7, 11) is 1.46. The Kier molecular flexibility index (Phi) is 6.55. The molecule has 8 heteroatoms. The molecule has 0 aliphatic rings. The van der Waals surface area contributed by atoms with Gasteiger partial charge in [-0.1, -0.05) is 11.6 Å². The fourth-order valence-electron chi connectivity index (χ4n) is 2.33. The lowest BCUT2D eigenvalue weighted by atomic mass is 10.2. The Hall–Kier alpha value is -3.71. The zero-order chi connectivity index (χ0) is 20.6. The fraction of sp³-hybridized carbons (Fsp3) is 0.0476. The van der Waals surface area contributed by atoms with Gasteiger partial charge in [-0.05, 0) is 60.2 Å². The molecule has 0 fully saturated rings. The molecule has 1 amide bonds. The van der Waals surface area contributed by atoms with E-state index < -0.39 is 5.97 Å². The molecule has 0 saturated carbocycles. The van der Waals surface area contributed by atoms with Crippen LogP contribution in [-0.2, 0) is 0 Å². The minimum absolute atomic E-state index is 0.255. The van der Waals surface area contributed by atoms with Gasteiger partial charge in [-0.3, -0.25) is 9.78 Å². The molecule has 0 radical (unpaired) electrons. The molecule has 0 saturated heterocycles. The van der Waals surface area contributed by atoms with Gasteiger partial charge in [0.1, 0.15) is 0 Å². The highest BCUT2D eigenvalue weighted by atomic mass is 35.5. The molecule has 0 aliphatic heterocycles. The van der Waals surface area contributed by atoms with Crippen LogP contribution in [-0.4, -0.2) is 30.2 Å². The lowest BCUT2D eigenvalue weighted by Crippen LogP contribution is -2.17. The first-order valence-corrected chi connectivity index (χ1v) is 8.84. The number of hydrogen-bond acceptors (Lipinski definition) is 6.